The molecule has 0 aliphatic carbocycles. The molecule has 2 rings (SSSR count). The van der Waals surface area contributed by atoms with Crippen LogP contribution in [0.1, 0.15) is 25.8 Å². The van der Waals surface area contributed by atoms with Crippen molar-refractivity contribution in [3.05, 3.63) is 63.1 Å². The maximum Gasteiger partial charge on any atom is 0.244 e. The van der Waals surface area contributed by atoms with E-state index < -0.39 is 28.5 Å². The van der Waals surface area contributed by atoms with E-state index in [1.807, 2.05) is 6.92 Å². The zero-order chi connectivity index (χ0) is 24.8. The number of carbonyl (C=O) groups is 2. The maximum absolute atomic E-state index is 13.4. The smallest absolute Gasteiger partial charge is 0.244 e. The molecular formula is C22H26Cl3N3O4S. The fourth-order valence-corrected chi connectivity index (χ4v) is 4.67. The molecule has 180 valence electrons. The summed E-state index contributed by atoms with van der Waals surface area (Å²) in [5, 5.41) is 3.70. The van der Waals surface area contributed by atoms with Crippen LogP contribution in [-0.2, 0) is 26.2 Å². The molecule has 0 aromatic heterocycles. The molecule has 0 saturated heterocycles. The summed E-state index contributed by atoms with van der Waals surface area (Å²) in [6.45, 7) is 3.49. The largest absolute Gasteiger partial charge is 0.354 e. The van der Waals surface area contributed by atoms with Gasteiger partial charge in [-0.1, -0.05) is 53.9 Å². The number of anilines is 1. The van der Waals surface area contributed by atoms with Crippen molar-refractivity contribution in [3.8, 4) is 0 Å². The fraction of sp³-hybridized carbons (Fsp3) is 0.364. The number of sulfonamides is 1. The van der Waals surface area contributed by atoms with Gasteiger partial charge in [0.2, 0.25) is 21.8 Å². The van der Waals surface area contributed by atoms with Crippen LogP contribution in [0.5, 0.6) is 0 Å². The van der Waals surface area contributed by atoms with Crippen molar-refractivity contribution in [2.45, 2.75) is 32.9 Å². The highest BCUT2D eigenvalue weighted by Crippen LogP contribution is 2.27. The van der Waals surface area contributed by atoms with Gasteiger partial charge in [0.25, 0.3) is 0 Å². The Morgan fingerprint density at radius 2 is 1.67 bits per heavy atom. The third-order valence-corrected chi connectivity index (χ3v) is 6.59. The lowest BCUT2D eigenvalue weighted by atomic mass is 10.1. The second kappa shape index (κ2) is 11.9. The average molecular weight is 535 g/mol. The van der Waals surface area contributed by atoms with E-state index >= 15 is 0 Å². The van der Waals surface area contributed by atoms with Gasteiger partial charge in [0, 0.05) is 28.2 Å². The Bertz CT molecular complexity index is 1090. The Morgan fingerprint density at radius 3 is 2.21 bits per heavy atom. The van der Waals surface area contributed by atoms with E-state index in [0.29, 0.717) is 17.1 Å². The molecule has 2 aromatic carbocycles. The highest BCUT2D eigenvalue weighted by Gasteiger charge is 2.30. The lowest BCUT2D eigenvalue weighted by molar-refractivity contribution is -0.139. The van der Waals surface area contributed by atoms with E-state index in [9.17, 15) is 18.0 Å². The van der Waals surface area contributed by atoms with Gasteiger partial charge in [0.1, 0.15) is 12.6 Å². The van der Waals surface area contributed by atoms with Crippen molar-refractivity contribution in [1.82, 2.24) is 10.2 Å². The second-order valence-electron chi connectivity index (χ2n) is 7.52. The Hall–Kier alpha value is -2.00. The van der Waals surface area contributed by atoms with Crippen LogP contribution in [0.3, 0.4) is 0 Å². The fourth-order valence-electron chi connectivity index (χ4n) is 3.11. The molecule has 1 atom stereocenters. The summed E-state index contributed by atoms with van der Waals surface area (Å²) < 4.78 is 26.0. The lowest BCUT2D eigenvalue weighted by Gasteiger charge is -2.31. The van der Waals surface area contributed by atoms with Crippen LogP contribution in [-0.4, -0.2) is 50.5 Å². The summed E-state index contributed by atoms with van der Waals surface area (Å²) in [6.07, 6.45) is 1.71. The van der Waals surface area contributed by atoms with Crippen LogP contribution in [0.25, 0.3) is 0 Å². The van der Waals surface area contributed by atoms with Crippen molar-refractivity contribution >= 4 is 62.3 Å². The standard InChI is InChI=1S/C22H26Cl3N3O4S/c1-4-8-26-22(30)15(2)27(13-16-6-5-7-17(23)9-16)21(29)14-28(33(3,31)32)20-11-18(24)10-19(25)12-20/h5-7,9-12,15H,4,8,13-14H2,1-3H3,(H,26,30)/t15-/m1/s1. The van der Waals surface area contributed by atoms with Gasteiger partial charge >= 0.3 is 0 Å². The van der Waals surface area contributed by atoms with Crippen molar-refractivity contribution in [2.24, 2.45) is 0 Å². The molecule has 0 bridgehead atoms. The predicted octanol–water partition coefficient (Wildman–Crippen LogP) is 4.36. The molecule has 0 heterocycles. The molecule has 11 heteroatoms. The van der Waals surface area contributed by atoms with Crippen LogP contribution in [0.15, 0.2) is 42.5 Å². The van der Waals surface area contributed by atoms with Crippen LogP contribution in [0, 0.1) is 0 Å². The second-order valence-corrected chi connectivity index (χ2v) is 10.7. The van der Waals surface area contributed by atoms with Gasteiger partial charge in [-0.15, -0.1) is 0 Å². The van der Waals surface area contributed by atoms with Crippen LogP contribution in [0.2, 0.25) is 15.1 Å². The molecule has 1 N–H and O–H groups in total. The summed E-state index contributed by atoms with van der Waals surface area (Å²) in [6, 6.07) is 10.3. The Morgan fingerprint density at radius 1 is 1.03 bits per heavy atom. The molecule has 0 unspecified atom stereocenters. The SMILES string of the molecule is CCCNC(=O)[C@@H](C)N(Cc1cccc(Cl)c1)C(=O)CN(c1cc(Cl)cc(Cl)c1)S(C)(=O)=O. The number of nitrogens with one attached hydrogen (secondary N) is 1. The van der Waals surface area contributed by atoms with E-state index in [1.54, 1.807) is 31.2 Å². The van der Waals surface area contributed by atoms with Crippen LogP contribution in [0.4, 0.5) is 5.69 Å². The molecule has 7 nitrogen and oxygen atoms in total. The van der Waals surface area contributed by atoms with Gasteiger partial charge in [0.05, 0.1) is 11.9 Å². The topological polar surface area (TPSA) is 86.8 Å². The molecule has 0 aliphatic heterocycles. The van der Waals surface area contributed by atoms with E-state index in [4.69, 9.17) is 34.8 Å². The molecule has 2 aromatic rings. The zero-order valence-electron chi connectivity index (χ0n) is 18.5. The highest BCUT2D eigenvalue weighted by molar-refractivity contribution is 7.92. The number of hydrogen-bond acceptors (Lipinski definition) is 4. The van der Waals surface area contributed by atoms with Crippen LogP contribution >= 0.6 is 34.8 Å². The normalized spacial score (nSPS) is 12.2. The minimum Gasteiger partial charge on any atom is -0.354 e. The van der Waals surface area contributed by atoms with Gasteiger partial charge < -0.3 is 10.2 Å². The van der Waals surface area contributed by atoms with Gasteiger partial charge in [-0.05, 0) is 49.2 Å². The van der Waals surface area contributed by atoms with Crippen molar-refractivity contribution in [2.75, 3.05) is 23.7 Å². The minimum absolute atomic E-state index is 0.0635. The van der Waals surface area contributed by atoms with Crippen molar-refractivity contribution < 1.29 is 18.0 Å². The van der Waals surface area contributed by atoms with E-state index in [1.165, 1.54) is 23.1 Å². The molecule has 0 radical (unpaired) electrons. The maximum atomic E-state index is 13.4. The summed E-state index contributed by atoms with van der Waals surface area (Å²) in [5.41, 5.74) is 0.844. The third kappa shape index (κ3) is 8.07. The summed E-state index contributed by atoms with van der Waals surface area (Å²) >= 11 is 18.2. The number of benzene rings is 2. The number of nitrogens with zero attached hydrogens (tertiary/aromatic N) is 2. The number of halogens is 3. The molecule has 0 aliphatic rings. The summed E-state index contributed by atoms with van der Waals surface area (Å²) in [7, 11) is -3.87. The van der Waals surface area contributed by atoms with Gasteiger partial charge in [0.15, 0.2) is 0 Å². The number of rotatable bonds is 10. The highest BCUT2D eigenvalue weighted by atomic mass is 35.5. The van der Waals surface area contributed by atoms with Gasteiger partial charge in [-0.25, -0.2) is 8.42 Å². The molecule has 33 heavy (non-hydrogen) atoms. The minimum atomic E-state index is -3.87. The predicted molar refractivity (Wildman–Crippen MR) is 133 cm³/mol. The van der Waals surface area contributed by atoms with E-state index in [2.05, 4.69) is 5.32 Å². The quantitative estimate of drug-likeness (QED) is 0.491. The molecule has 2 amide bonds. The Kier molecular flexibility index (Phi) is 9.84. The van der Waals surface area contributed by atoms with E-state index in [-0.39, 0.29) is 28.2 Å². The molecule has 0 saturated carbocycles. The van der Waals surface area contributed by atoms with Gasteiger partial charge in [-0.3, -0.25) is 13.9 Å². The summed E-state index contributed by atoms with van der Waals surface area (Å²) in [4.78, 5) is 27.4. The number of carbonyl (C=O) groups excluding carboxylic acids is 2. The van der Waals surface area contributed by atoms with Crippen LogP contribution < -0.4 is 9.62 Å². The lowest BCUT2D eigenvalue weighted by Crippen LogP contribution is -2.51. The first-order chi connectivity index (χ1) is 15.4. The van der Waals surface area contributed by atoms with Crippen molar-refractivity contribution in [1.29, 1.82) is 0 Å². The Balaban J connectivity index is 2.40. The molecule has 0 spiro atoms. The first-order valence-electron chi connectivity index (χ1n) is 10.2. The van der Waals surface area contributed by atoms with Gasteiger partial charge in [-0.2, -0.15) is 0 Å². The molecular weight excluding hydrogens is 509 g/mol. The molecule has 0 fully saturated rings. The number of amides is 2. The van der Waals surface area contributed by atoms with E-state index in [0.717, 1.165) is 17.0 Å². The van der Waals surface area contributed by atoms with Crippen molar-refractivity contribution in [3.63, 3.8) is 0 Å². The number of hydrogen-bond donors (Lipinski definition) is 1. The monoisotopic (exact) mass is 533 g/mol. The first kappa shape index (κ1) is 27.2. The third-order valence-electron chi connectivity index (χ3n) is 4.77. The average Bonchev–Trinajstić information content (AvgIpc) is 2.71. The first-order valence-corrected chi connectivity index (χ1v) is 13.2. The summed E-state index contributed by atoms with van der Waals surface area (Å²) in [5.74, 6) is -0.917. The Labute approximate surface area is 209 Å². The zero-order valence-corrected chi connectivity index (χ0v) is 21.6.